The second-order valence-electron chi connectivity index (χ2n) is 6.50. The number of aliphatic hydroxyl groups excluding tert-OH is 1. The van der Waals surface area contributed by atoms with Gasteiger partial charge >= 0.3 is 0 Å². The number of aromatic hydroxyl groups is 2. The lowest BCUT2D eigenvalue weighted by Crippen LogP contribution is -2.42. The number of aliphatic hydroxyl groups is 1. The Morgan fingerprint density at radius 1 is 1.04 bits per heavy atom. The zero-order chi connectivity index (χ0) is 18.5. The van der Waals surface area contributed by atoms with Crippen molar-refractivity contribution < 1.29 is 25.0 Å². The largest absolute Gasteiger partial charge is 0.508 e. The molecule has 0 unspecified atom stereocenters. The van der Waals surface area contributed by atoms with Crippen molar-refractivity contribution in [3.8, 4) is 11.5 Å². The number of hydroxylamine groups is 2. The summed E-state index contributed by atoms with van der Waals surface area (Å²) in [6, 6.07) is 13.4. The van der Waals surface area contributed by atoms with E-state index in [1.165, 1.54) is 11.1 Å². The van der Waals surface area contributed by atoms with Gasteiger partial charge in [0.2, 0.25) is 0 Å². The van der Waals surface area contributed by atoms with E-state index in [4.69, 9.17) is 4.84 Å². The maximum Gasteiger partial charge on any atom is 0.277 e. The van der Waals surface area contributed by atoms with E-state index in [0.29, 0.717) is 18.4 Å². The third kappa shape index (κ3) is 3.98. The molecular formula is C20H23NO5. The normalized spacial score (nSPS) is 19.9. The zero-order valence-electron chi connectivity index (χ0n) is 14.4. The molecule has 2 aromatic rings. The molecule has 0 aromatic heterocycles. The van der Waals surface area contributed by atoms with Crippen molar-refractivity contribution in [1.82, 2.24) is 5.06 Å². The molecule has 3 N–H and O–H groups in total. The summed E-state index contributed by atoms with van der Waals surface area (Å²) in [6.45, 7) is -0.558. The van der Waals surface area contributed by atoms with Gasteiger partial charge in [-0.3, -0.25) is 4.79 Å². The third-order valence-corrected chi connectivity index (χ3v) is 4.90. The first-order valence-electron chi connectivity index (χ1n) is 8.74. The highest BCUT2D eigenvalue weighted by Gasteiger charge is 2.31. The molecule has 1 aliphatic rings. The van der Waals surface area contributed by atoms with Crippen LogP contribution in [0.15, 0.2) is 48.5 Å². The van der Waals surface area contributed by atoms with Crippen LogP contribution in [0.25, 0.3) is 0 Å². The van der Waals surface area contributed by atoms with Gasteiger partial charge in [-0.05, 0) is 55.4 Å². The number of carbonyl (C=O) groups excluding carboxylic acids is 1. The Balaban J connectivity index is 1.69. The van der Waals surface area contributed by atoms with Crippen molar-refractivity contribution in [2.24, 2.45) is 0 Å². The summed E-state index contributed by atoms with van der Waals surface area (Å²) in [7, 11) is 0. The molecular weight excluding hydrogens is 334 g/mol. The summed E-state index contributed by atoms with van der Waals surface area (Å²) in [6.07, 6.45) is 2.94. The van der Waals surface area contributed by atoms with Gasteiger partial charge in [0, 0.05) is 11.6 Å². The summed E-state index contributed by atoms with van der Waals surface area (Å²) < 4.78 is 0. The van der Waals surface area contributed by atoms with Crippen LogP contribution in [-0.2, 0) is 4.84 Å². The Labute approximate surface area is 152 Å². The van der Waals surface area contributed by atoms with Crippen molar-refractivity contribution in [3.05, 3.63) is 59.7 Å². The lowest BCUT2D eigenvalue weighted by atomic mass is 9.81. The lowest BCUT2D eigenvalue weighted by molar-refractivity contribution is -0.202. The fourth-order valence-electron chi connectivity index (χ4n) is 3.60. The molecule has 6 nitrogen and oxygen atoms in total. The number of phenolic OH excluding ortho intramolecular Hbond substituents is 2. The Hall–Kier alpha value is -2.57. The van der Waals surface area contributed by atoms with Crippen LogP contribution < -0.4 is 0 Å². The van der Waals surface area contributed by atoms with Gasteiger partial charge in [0.1, 0.15) is 11.5 Å². The highest BCUT2D eigenvalue weighted by atomic mass is 16.7. The van der Waals surface area contributed by atoms with Crippen molar-refractivity contribution in [3.63, 3.8) is 0 Å². The molecule has 0 saturated heterocycles. The SMILES string of the molecule is O=C(c1ccccc1)N(OCO)C1CCC(c2ccc(O)cc2O)CC1. The number of hydrogen-bond donors (Lipinski definition) is 3. The van der Waals surface area contributed by atoms with Crippen molar-refractivity contribution >= 4 is 5.91 Å². The maximum absolute atomic E-state index is 12.7. The van der Waals surface area contributed by atoms with Crippen molar-refractivity contribution in [1.29, 1.82) is 0 Å². The minimum Gasteiger partial charge on any atom is -0.508 e. The summed E-state index contributed by atoms with van der Waals surface area (Å²) >= 11 is 0. The first-order chi connectivity index (χ1) is 12.6. The van der Waals surface area contributed by atoms with E-state index < -0.39 is 6.79 Å². The van der Waals surface area contributed by atoms with Gasteiger partial charge in [-0.1, -0.05) is 24.3 Å². The summed E-state index contributed by atoms with van der Waals surface area (Å²) in [5.74, 6) is 0.0263. The van der Waals surface area contributed by atoms with Crippen LogP contribution >= 0.6 is 0 Å². The maximum atomic E-state index is 12.7. The minimum atomic E-state index is -0.558. The molecule has 1 amide bonds. The molecule has 0 spiro atoms. The summed E-state index contributed by atoms with van der Waals surface area (Å²) in [5, 5.41) is 30.0. The second kappa shape index (κ2) is 8.21. The molecule has 3 rings (SSSR count). The van der Waals surface area contributed by atoms with Gasteiger partial charge in [0.15, 0.2) is 6.79 Å². The molecule has 6 heteroatoms. The molecule has 26 heavy (non-hydrogen) atoms. The number of phenols is 2. The van der Waals surface area contributed by atoms with Crippen LogP contribution in [-0.4, -0.2) is 39.1 Å². The van der Waals surface area contributed by atoms with Crippen LogP contribution in [0.4, 0.5) is 0 Å². The van der Waals surface area contributed by atoms with Crippen LogP contribution in [0.2, 0.25) is 0 Å². The van der Waals surface area contributed by atoms with Crippen LogP contribution in [0, 0.1) is 0 Å². The summed E-state index contributed by atoms with van der Waals surface area (Å²) in [4.78, 5) is 17.9. The van der Waals surface area contributed by atoms with E-state index in [1.807, 2.05) is 6.07 Å². The zero-order valence-corrected chi connectivity index (χ0v) is 14.4. The first kappa shape index (κ1) is 18.2. The second-order valence-corrected chi connectivity index (χ2v) is 6.50. The van der Waals surface area contributed by atoms with E-state index in [9.17, 15) is 20.1 Å². The molecule has 1 saturated carbocycles. The first-order valence-corrected chi connectivity index (χ1v) is 8.74. The van der Waals surface area contributed by atoms with E-state index in [0.717, 1.165) is 18.4 Å². The molecule has 138 valence electrons. The average Bonchev–Trinajstić information content (AvgIpc) is 2.67. The monoisotopic (exact) mass is 357 g/mol. The van der Waals surface area contributed by atoms with Crippen molar-refractivity contribution in [2.75, 3.05) is 6.79 Å². The van der Waals surface area contributed by atoms with Gasteiger partial charge in [-0.2, -0.15) is 0 Å². The molecule has 1 aliphatic carbocycles. The molecule has 0 aliphatic heterocycles. The number of rotatable bonds is 5. The number of hydrogen-bond acceptors (Lipinski definition) is 5. The number of carbonyl (C=O) groups is 1. The van der Waals surface area contributed by atoms with Gasteiger partial charge in [-0.25, -0.2) is 9.90 Å². The fourth-order valence-corrected chi connectivity index (χ4v) is 3.60. The number of nitrogens with zero attached hydrogens (tertiary/aromatic N) is 1. The van der Waals surface area contributed by atoms with Gasteiger partial charge in [-0.15, -0.1) is 0 Å². The predicted octanol–water partition coefficient (Wildman–Crippen LogP) is 3.15. The fraction of sp³-hybridized carbons (Fsp3) is 0.350. The standard InChI is InChI=1S/C20H23NO5/c22-13-26-21(20(25)15-4-2-1-3-5-15)16-8-6-14(7-9-16)18-11-10-17(23)12-19(18)24/h1-5,10-12,14,16,22-24H,6-9,13H2. The average molecular weight is 357 g/mol. The van der Waals surface area contributed by atoms with Gasteiger partial charge in [0.05, 0.1) is 6.04 Å². The highest BCUT2D eigenvalue weighted by molar-refractivity contribution is 5.93. The molecule has 0 radical (unpaired) electrons. The van der Waals surface area contributed by atoms with Crippen molar-refractivity contribution in [2.45, 2.75) is 37.6 Å². The Kier molecular flexibility index (Phi) is 5.75. The molecule has 2 aromatic carbocycles. The number of amides is 1. The minimum absolute atomic E-state index is 0.0379. The highest BCUT2D eigenvalue weighted by Crippen LogP contribution is 2.39. The molecule has 0 heterocycles. The predicted molar refractivity (Wildman–Crippen MR) is 95.6 cm³/mol. The molecule has 0 atom stereocenters. The topological polar surface area (TPSA) is 90.2 Å². The Morgan fingerprint density at radius 3 is 2.35 bits per heavy atom. The third-order valence-electron chi connectivity index (χ3n) is 4.90. The van der Waals surface area contributed by atoms with Crippen LogP contribution in [0.1, 0.15) is 47.5 Å². The Bertz CT molecular complexity index is 741. The van der Waals surface area contributed by atoms with E-state index >= 15 is 0 Å². The molecule has 0 bridgehead atoms. The number of benzene rings is 2. The molecule has 1 fully saturated rings. The van der Waals surface area contributed by atoms with E-state index in [2.05, 4.69) is 0 Å². The lowest BCUT2D eigenvalue weighted by Gasteiger charge is -2.35. The van der Waals surface area contributed by atoms with E-state index in [-0.39, 0.29) is 29.4 Å². The quantitative estimate of drug-likeness (QED) is 0.565. The Morgan fingerprint density at radius 2 is 1.73 bits per heavy atom. The smallest absolute Gasteiger partial charge is 0.277 e. The van der Waals surface area contributed by atoms with Gasteiger partial charge < -0.3 is 15.3 Å². The van der Waals surface area contributed by atoms with Crippen LogP contribution in [0.3, 0.4) is 0 Å². The van der Waals surface area contributed by atoms with Crippen LogP contribution in [0.5, 0.6) is 11.5 Å². The van der Waals surface area contributed by atoms with Gasteiger partial charge in [0.25, 0.3) is 5.91 Å². The summed E-state index contributed by atoms with van der Waals surface area (Å²) in [5.41, 5.74) is 1.32. The van der Waals surface area contributed by atoms with E-state index in [1.54, 1.807) is 36.4 Å².